The van der Waals surface area contributed by atoms with Gasteiger partial charge < -0.3 is 0 Å². The van der Waals surface area contributed by atoms with Crippen molar-refractivity contribution in [2.45, 2.75) is 5.37 Å². The van der Waals surface area contributed by atoms with Crippen LogP contribution in [-0.2, 0) is 4.79 Å². The molecule has 1 aliphatic rings. The van der Waals surface area contributed by atoms with E-state index in [-0.39, 0.29) is 22.7 Å². The van der Waals surface area contributed by atoms with Crippen molar-refractivity contribution >= 4 is 23.4 Å². The van der Waals surface area contributed by atoms with Crippen LogP contribution in [0.5, 0.6) is 0 Å². The van der Waals surface area contributed by atoms with Crippen LogP contribution in [0.2, 0.25) is 0 Å². The Morgan fingerprint density at radius 3 is 2.85 bits per heavy atom. The number of thioether (sulfide) groups is 1. The quantitative estimate of drug-likeness (QED) is 0.852. The van der Waals surface area contributed by atoms with Gasteiger partial charge in [-0.3, -0.25) is 14.7 Å². The topological polar surface area (TPSA) is 33.2 Å². The summed E-state index contributed by atoms with van der Waals surface area (Å²) in [6.07, 6.45) is 3.28. The highest BCUT2D eigenvalue weighted by atomic mass is 32.2. The molecule has 0 aliphatic carbocycles. The van der Waals surface area contributed by atoms with E-state index in [1.807, 2.05) is 6.07 Å². The second-order valence-corrected chi connectivity index (χ2v) is 5.38. The number of hydrogen-bond donors (Lipinski definition) is 0. The summed E-state index contributed by atoms with van der Waals surface area (Å²) < 4.78 is 26.9. The first-order chi connectivity index (χ1) is 9.66. The van der Waals surface area contributed by atoms with Gasteiger partial charge in [0.05, 0.1) is 11.4 Å². The molecule has 2 aromatic rings. The maximum atomic E-state index is 13.9. The van der Waals surface area contributed by atoms with E-state index >= 15 is 0 Å². The molecule has 1 unspecified atom stereocenters. The summed E-state index contributed by atoms with van der Waals surface area (Å²) in [6, 6.07) is 6.81. The molecule has 3 nitrogen and oxygen atoms in total. The molecule has 1 fully saturated rings. The van der Waals surface area contributed by atoms with Crippen LogP contribution in [0.3, 0.4) is 0 Å². The Morgan fingerprint density at radius 1 is 1.30 bits per heavy atom. The predicted octanol–water partition coefficient (Wildman–Crippen LogP) is 3.14. The van der Waals surface area contributed by atoms with Crippen molar-refractivity contribution in [3.05, 3.63) is 59.9 Å². The van der Waals surface area contributed by atoms with Gasteiger partial charge in [0.1, 0.15) is 17.0 Å². The third-order valence-corrected chi connectivity index (χ3v) is 4.22. The number of pyridine rings is 1. The van der Waals surface area contributed by atoms with Crippen LogP contribution in [0.1, 0.15) is 10.9 Å². The average molecular weight is 292 g/mol. The lowest BCUT2D eigenvalue weighted by Crippen LogP contribution is -2.28. The Bertz CT molecular complexity index is 651. The summed E-state index contributed by atoms with van der Waals surface area (Å²) in [6.45, 7) is 0. The van der Waals surface area contributed by atoms with E-state index in [9.17, 15) is 13.6 Å². The molecule has 1 amide bonds. The molecule has 1 atom stereocenters. The number of amides is 1. The van der Waals surface area contributed by atoms with Crippen LogP contribution >= 0.6 is 11.8 Å². The van der Waals surface area contributed by atoms with Crippen LogP contribution in [0.25, 0.3) is 0 Å². The maximum Gasteiger partial charge on any atom is 0.238 e. The number of rotatable bonds is 2. The minimum absolute atomic E-state index is 0.0928. The van der Waals surface area contributed by atoms with Gasteiger partial charge in [-0.15, -0.1) is 11.8 Å². The van der Waals surface area contributed by atoms with Crippen molar-refractivity contribution in [2.75, 3.05) is 10.7 Å². The molecule has 102 valence electrons. The van der Waals surface area contributed by atoms with Crippen molar-refractivity contribution in [3.8, 4) is 0 Å². The third kappa shape index (κ3) is 2.27. The molecule has 1 aromatic heterocycles. The number of nitrogens with zero attached hydrogens (tertiary/aromatic N) is 2. The molecule has 0 bridgehead atoms. The summed E-state index contributed by atoms with van der Waals surface area (Å²) in [4.78, 5) is 17.4. The zero-order valence-corrected chi connectivity index (χ0v) is 11.1. The highest BCUT2D eigenvalue weighted by molar-refractivity contribution is 8.00. The number of benzene rings is 1. The molecule has 20 heavy (non-hydrogen) atoms. The summed E-state index contributed by atoms with van der Waals surface area (Å²) in [5.41, 5.74) is 0.905. The van der Waals surface area contributed by atoms with Crippen LogP contribution < -0.4 is 4.90 Å². The Kier molecular flexibility index (Phi) is 3.40. The lowest BCUT2D eigenvalue weighted by atomic mass is 10.2. The van der Waals surface area contributed by atoms with Gasteiger partial charge >= 0.3 is 0 Å². The number of anilines is 1. The molecule has 0 spiro atoms. The molecule has 1 aromatic carbocycles. The zero-order chi connectivity index (χ0) is 14.1. The van der Waals surface area contributed by atoms with E-state index < -0.39 is 11.6 Å². The Balaban J connectivity index is 2.03. The first kappa shape index (κ1) is 13.1. The average Bonchev–Trinajstić information content (AvgIpc) is 2.82. The Hall–Kier alpha value is -1.95. The van der Waals surface area contributed by atoms with Crippen molar-refractivity contribution in [1.82, 2.24) is 4.98 Å². The van der Waals surface area contributed by atoms with Gasteiger partial charge in [0.15, 0.2) is 0 Å². The van der Waals surface area contributed by atoms with Crippen molar-refractivity contribution in [1.29, 1.82) is 0 Å². The van der Waals surface area contributed by atoms with Gasteiger partial charge in [-0.1, -0.05) is 6.07 Å². The largest absolute Gasteiger partial charge is 0.292 e. The minimum atomic E-state index is -0.741. The second-order valence-electron chi connectivity index (χ2n) is 4.31. The van der Waals surface area contributed by atoms with Crippen molar-refractivity contribution in [3.63, 3.8) is 0 Å². The van der Waals surface area contributed by atoms with Gasteiger partial charge in [0.25, 0.3) is 0 Å². The van der Waals surface area contributed by atoms with Gasteiger partial charge in [0.2, 0.25) is 5.91 Å². The standard InChI is InChI=1S/C14H10F2N2OS/c15-10-3-4-12(11(16)6-10)18-13(19)8-20-14(18)9-2-1-5-17-7-9/h1-7,14H,8H2. The number of aromatic nitrogens is 1. The summed E-state index contributed by atoms with van der Waals surface area (Å²) >= 11 is 1.40. The van der Waals surface area contributed by atoms with Crippen LogP contribution in [0.15, 0.2) is 42.7 Å². The number of hydrogen-bond acceptors (Lipinski definition) is 3. The first-order valence-corrected chi connectivity index (χ1v) is 7.00. The predicted molar refractivity (Wildman–Crippen MR) is 73.3 cm³/mol. The van der Waals surface area contributed by atoms with Crippen molar-refractivity contribution in [2.24, 2.45) is 0 Å². The fourth-order valence-corrected chi connectivity index (χ4v) is 3.28. The molecule has 2 heterocycles. The van der Waals surface area contributed by atoms with E-state index in [2.05, 4.69) is 4.98 Å². The third-order valence-electron chi connectivity index (χ3n) is 3.01. The van der Waals surface area contributed by atoms with E-state index in [1.165, 1.54) is 22.7 Å². The van der Waals surface area contributed by atoms with Crippen LogP contribution in [0.4, 0.5) is 14.5 Å². The molecule has 0 radical (unpaired) electrons. The Morgan fingerprint density at radius 2 is 2.15 bits per heavy atom. The SMILES string of the molecule is O=C1CSC(c2cccnc2)N1c1ccc(F)cc1F. The first-order valence-electron chi connectivity index (χ1n) is 5.95. The fourth-order valence-electron chi connectivity index (χ4n) is 2.13. The second kappa shape index (κ2) is 5.20. The fraction of sp³-hybridized carbons (Fsp3) is 0.143. The summed E-state index contributed by atoms with van der Waals surface area (Å²) in [7, 11) is 0. The highest BCUT2D eigenvalue weighted by Gasteiger charge is 2.35. The summed E-state index contributed by atoms with van der Waals surface area (Å²) in [5.74, 6) is -1.34. The Labute approximate surface area is 118 Å². The summed E-state index contributed by atoms with van der Waals surface area (Å²) in [5, 5.41) is -0.337. The van der Waals surface area contributed by atoms with E-state index in [4.69, 9.17) is 0 Å². The van der Waals surface area contributed by atoms with E-state index in [0.717, 1.165) is 17.7 Å². The van der Waals surface area contributed by atoms with Gasteiger partial charge in [-0.25, -0.2) is 8.78 Å². The highest BCUT2D eigenvalue weighted by Crippen LogP contribution is 2.42. The minimum Gasteiger partial charge on any atom is -0.292 e. The normalized spacial score (nSPS) is 18.6. The zero-order valence-electron chi connectivity index (χ0n) is 10.3. The molecule has 3 rings (SSSR count). The van der Waals surface area contributed by atoms with E-state index in [1.54, 1.807) is 18.5 Å². The smallest absolute Gasteiger partial charge is 0.238 e. The van der Waals surface area contributed by atoms with Gasteiger partial charge in [-0.05, 0) is 18.2 Å². The van der Waals surface area contributed by atoms with Gasteiger partial charge in [0, 0.05) is 24.0 Å². The van der Waals surface area contributed by atoms with E-state index in [0.29, 0.717) is 0 Å². The number of carbonyl (C=O) groups excluding carboxylic acids is 1. The lowest BCUT2D eigenvalue weighted by molar-refractivity contribution is -0.115. The number of carbonyl (C=O) groups is 1. The van der Waals surface area contributed by atoms with Crippen LogP contribution in [-0.4, -0.2) is 16.6 Å². The molecule has 0 N–H and O–H groups in total. The lowest BCUT2D eigenvalue weighted by Gasteiger charge is -2.24. The molecule has 6 heteroatoms. The monoisotopic (exact) mass is 292 g/mol. The molecule has 1 saturated heterocycles. The molecule has 1 aliphatic heterocycles. The van der Waals surface area contributed by atoms with Gasteiger partial charge in [-0.2, -0.15) is 0 Å². The van der Waals surface area contributed by atoms with Crippen molar-refractivity contribution < 1.29 is 13.6 Å². The maximum absolute atomic E-state index is 13.9. The molecule has 0 saturated carbocycles. The van der Waals surface area contributed by atoms with Crippen LogP contribution in [0, 0.1) is 11.6 Å². The molecular formula is C14H10F2N2OS. The molecular weight excluding hydrogens is 282 g/mol. The number of halogens is 2.